The first-order valence-corrected chi connectivity index (χ1v) is 25.6. The molecular formula is C51H100O5. The first kappa shape index (κ1) is 54.9. The number of carbonyl (C=O) groups is 2. The summed E-state index contributed by atoms with van der Waals surface area (Å²) in [5.41, 5.74) is 0. The van der Waals surface area contributed by atoms with E-state index in [2.05, 4.69) is 13.8 Å². The Labute approximate surface area is 350 Å². The van der Waals surface area contributed by atoms with E-state index in [-0.39, 0.29) is 25.2 Å². The van der Waals surface area contributed by atoms with E-state index in [0.717, 1.165) is 38.5 Å². The van der Waals surface area contributed by atoms with Crippen LogP contribution in [-0.4, -0.2) is 36.4 Å². The number of hydrogen-bond donors (Lipinski definition) is 1. The lowest BCUT2D eigenvalue weighted by Gasteiger charge is -2.15. The van der Waals surface area contributed by atoms with Crippen LogP contribution in [0.3, 0.4) is 0 Å². The molecule has 1 atom stereocenters. The minimum atomic E-state index is -0.760. The van der Waals surface area contributed by atoms with Gasteiger partial charge in [-0.25, -0.2) is 0 Å². The van der Waals surface area contributed by atoms with Crippen molar-refractivity contribution in [3.8, 4) is 0 Å². The highest BCUT2D eigenvalue weighted by Crippen LogP contribution is 2.18. The number of ether oxygens (including phenoxy) is 2. The Bertz CT molecular complexity index is 769. The predicted octanol–water partition coefficient (Wildman–Crippen LogP) is 16.6. The van der Waals surface area contributed by atoms with Crippen molar-refractivity contribution < 1.29 is 24.2 Å². The Morgan fingerprint density at radius 3 is 0.786 bits per heavy atom. The Hall–Kier alpha value is -1.10. The number of carbonyl (C=O) groups excluding carboxylic acids is 2. The molecule has 0 aliphatic rings. The first-order valence-electron chi connectivity index (χ1n) is 25.6. The topological polar surface area (TPSA) is 72.8 Å². The zero-order chi connectivity index (χ0) is 40.7. The monoisotopic (exact) mass is 793 g/mol. The quantitative estimate of drug-likeness (QED) is 0.0491. The maximum atomic E-state index is 12.1. The second kappa shape index (κ2) is 48.3. The van der Waals surface area contributed by atoms with E-state index in [0.29, 0.717) is 12.8 Å². The average molecular weight is 793 g/mol. The molecular weight excluding hydrogens is 693 g/mol. The van der Waals surface area contributed by atoms with Crippen LogP contribution in [-0.2, 0) is 19.1 Å². The highest BCUT2D eigenvalue weighted by atomic mass is 16.6. The van der Waals surface area contributed by atoms with Gasteiger partial charge in [0.05, 0.1) is 6.61 Å². The summed E-state index contributed by atoms with van der Waals surface area (Å²) in [7, 11) is 0. The highest BCUT2D eigenvalue weighted by Gasteiger charge is 2.16. The van der Waals surface area contributed by atoms with Gasteiger partial charge in [0.15, 0.2) is 6.10 Å². The average Bonchev–Trinajstić information content (AvgIpc) is 3.20. The predicted molar refractivity (Wildman–Crippen MR) is 242 cm³/mol. The number of esters is 2. The van der Waals surface area contributed by atoms with E-state index in [1.165, 1.54) is 231 Å². The van der Waals surface area contributed by atoms with E-state index in [1.807, 2.05) is 0 Å². The van der Waals surface area contributed by atoms with Crippen LogP contribution >= 0.6 is 0 Å². The molecule has 56 heavy (non-hydrogen) atoms. The molecule has 0 aliphatic heterocycles. The van der Waals surface area contributed by atoms with Crippen LogP contribution in [0.1, 0.15) is 296 Å². The molecule has 0 fully saturated rings. The van der Waals surface area contributed by atoms with E-state index >= 15 is 0 Å². The molecule has 1 N–H and O–H groups in total. The van der Waals surface area contributed by atoms with Crippen molar-refractivity contribution in [3.05, 3.63) is 0 Å². The van der Waals surface area contributed by atoms with Gasteiger partial charge in [-0.1, -0.05) is 271 Å². The minimum absolute atomic E-state index is 0.0598. The lowest BCUT2D eigenvalue weighted by atomic mass is 10.0. The molecule has 0 aromatic carbocycles. The fraction of sp³-hybridized carbons (Fsp3) is 0.961. The zero-order valence-electron chi connectivity index (χ0n) is 38.2. The maximum Gasteiger partial charge on any atom is 0.306 e. The third-order valence-electron chi connectivity index (χ3n) is 11.9. The van der Waals surface area contributed by atoms with Gasteiger partial charge in [0.2, 0.25) is 0 Å². The molecule has 0 radical (unpaired) electrons. The zero-order valence-corrected chi connectivity index (χ0v) is 38.2. The number of unbranched alkanes of at least 4 members (excludes halogenated alkanes) is 40. The smallest absolute Gasteiger partial charge is 0.306 e. The van der Waals surface area contributed by atoms with Crippen LogP contribution < -0.4 is 0 Å². The van der Waals surface area contributed by atoms with Crippen LogP contribution in [0.25, 0.3) is 0 Å². The summed E-state index contributed by atoms with van der Waals surface area (Å²) in [4.78, 5) is 24.0. The lowest BCUT2D eigenvalue weighted by molar-refractivity contribution is -0.161. The standard InChI is InChI=1S/C51H100O5/c1-3-5-7-9-10-11-12-13-14-15-16-17-18-19-20-21-22-23-24-25-26-27-28-29-30-31-32-33-34-35-36-37-38-39-40-42-44-46-51(54)56-49(47-52)48-55-50(53)45-43-41-8-6-4-2/h49,52H,3-48H2,1-2H3. The van der Waals surface area contributed by atoms with E-state index in [9.17, 15) is 14.7 Å². The highest BCUT2D eigenvalue weighted by molar-refractivity contribution is 5.70. The summed E-state index contributed by atoms with van der Waals surface area (Å²) in [6.07, 6.45) is 57.1. The molecule has 334 valence electrons. The van der Waals surface area contributed by atoms with Gasteiger partial charge in [-0.3, -0.25) is 9.59 Å². The summed E-state index contributed by atoms with van der Waals surface area (Å²) in [6, 6.07) is 0. The van der Waals surface area contributed by atoms with Gasteiger partial charge in [0, 0.05) is 12.8 Å². The van der Waals surface area contributed by atoms with Gasteiger partial charge in [-0.05, 0) is 12.8 Å². The molecule has 0 heterocycles. The first-order chi connectivity index (χ1) is 27.6. The molecule has 0 aromatic heterocycles. The van der Waals surface area contributed by atoms with Gasteiger partial charge in [0.1, 0.15) is 6.61 Å². The molecule has 0 bridgehead atoms. The number of aliphatic hydroxyl groups is 1. The largest absolute Gasteiger partial charge is 0.462 e. The molecule has 0 saturated heterocycles. The van der Waals surface area contributed by atoms with Crippen molar-refractivity contribution in [2.75, 3.05) is 13.2 Å². The van der Waals surface area contributed by atoms with Crippen LogP contribution in [0.2, 0.25) is 0 Å². The molecule has 1 unspecified atom stereocenters. The molecule has 0 amide bonds. The Morgan fingerprint density at radius 1 is 0.339 bits per heavy atom. The van der Waals surface area contributed by atoms with Gasteiger partial charge in [-0.2, -0.15) is 0 Å². The van der Waals surface area contributed by atoms with Crippen molar-refractivity contribution in [3.63, 3.8) is 0 Å². The molecule has 0 aromatic rings. The van der Waals surface area contributed by atoms with Crippen LogP contribution in [0.5, 0.6) is 0 Å². The Balaban J connectivity index is 3.25. The number of aliphatic hydroxyl groups excluding tert-OH is 1. The fourth-order valence-electron chi connectivity index (χ4n) is 8.03. The van der Waals surface area contributed by atoms with Crippen LogP contribution in [0.4, 0.5) is 0 Å². The van der Waals surface area contributed by atoms with Gasteiger partial charge in [0.25, 0.3) is 0 Å². The molecule has 0 rings (SSSR count). The molecule has 5 nitrogen and oxygen atoms in total. The minimum Gasteiger partial charge on any atom is -0.462 e. The molecule has 0 aliphatic carbocycles. The van der Waals surface area contributed by atoms with E-state index < -0.39 is 6.10 Å². The third-order valence-corrected chi connectivity index (χ3v) is 11.9. The van der Waals surface area contributed by atoms with E-state index in [4.69, 9.17) is 9.47 Å². The van der Waals surface area contributed by atoms with E-state index in [1.54, 1.807) is 0 Å². The Morgan fingerprint density at radius 2 is 0.554 bits per heavy atom. The van der Waals surface area contributed by atoms with Crippen LogP contribution in [0.15, 0.2) is 0 Å². The van der Waals surface area contributed by atoms with Crippen molar-refractivity contribution in [1.82, 2.24) is 0 Å². The second-order valence-corrected chi connectivity index (χ2v) is 17.6. The van der Waals surface area contributed by atoms with Crippen molar-refractivity contribution >= 4 is 11.9 Å². The SMILES string of the molecule is CCCCCCCCCCCCCCCCCCCCCCCCCCCCCCCCCCCCCCCC(=O)OC(CO)COC(=O)CCCCCCC. The molecule has 0 saturated carbocycles. The summed E-state index contributed by atoms with van der Waals surface area (Å²) >= 11 is 0. The summed E-state index contributed by atoms with van der Waals surface area (Å²) < 4.78 is 10.5. The van der Waals surface area contributed by atoms with Gasteiger partial charge < -0.3 is 14.6 Å². The fourth-order valence-corrected chi connectivity index (χ4v) is 8.03. The van der Waals surface area contributed by atoms with Crippen LogP contribution in [0, 0.1) is 0 Å². The molecule has 5 heteroatoms. The van der Waals surface area contributed by atoms with Crippen molar-refractivity contribution in [1.29, 1.82) is 0 Å². The number of hydrogen-bond acceptors (Lipinski definition) is 5. The summed E-state index contributed by atoms with van der Waals surface area (Å²) in [5, 5.41) is 9.50. The van der Waals surface area contributed by atoms with Crippen molar-refractivity contribution in [2.24, 2.45) is 0 Å². The van der Waals surface area contributed by atoms with Gasteiger partial charge >= 0.3 is 11.9 Å². The summed E-state index contributed by atoms with van der Waals surface area (Å²) in [6.45, 7) is 4.08. The second-order valence-electron chi connectivity index (χ2n) is 17.6. The molecule has 0 spiro atoms. The lowest BCUT2D eigenvalue weighted by Crippen LogP contribution is -2.28. The summed E-state index contributed by atoms with van der Waals surface area (Å²) in [5.74, 6) is -0.589. The normalized spacial score (nSPS) is 12.0. The Kier molecular flexibility index (Phi) is 47.3. The third kappa shape index (κ3) is 45.6. The van der Waals surface area contributed by atoms with Crippen molar-refractivity contribution in [2.45, 2.75) is 302 Å². The number of rotatable bonds is 48. The van der Waals surface area contributed by atoms with Gasteiger partial charge in [-0.15, -0.1) is 0 Å². The maximum absolute atomic E-state index is 12.1.